The summed E-state index contributed by atoms with van der Waals surface area (Å²) in [5.74, 6) is 0. The SMILES string of the molecule is CC(C)(C)C(O)CCCc1csc2ccccc12. The van der Waals surface area contributed by atoms with Crippen molar-refractivity contribution in [2.24, 2.45) is 5.41 Å². The topological polar surface area (TPSA) is 20.2 Å². The summed E-state index contributed by atoms with van der Waals surface area (Å²) in [6.45, 7) is 6.28. The van der Waals surface area contributed by atoms with E-state index in [-0.39, 0.29) is 11.5 Å². The van der Waals surface area contributed by atoms with Gasteiger partial charge in [-0.2, -0.15) is 0 Å². The summed E-state index contributed by atoms with van der Waals surface area (Å²) in [6, 6.07) is 8.56. The molecule has 0 saturated carbocycles. The lowest BCUT2D eigenvalue weighted by Crippen LogP contribution is -2.25. The Bertz CT molecular complexity index is 507. The first-order valence-electron chi connectivity index (χ1n) is 6.61. The Morgan fingerprint density at radius 3 is 2.67 bits per heavy atom. The molecule has 1 aromatic carbocycles. The number of aliphatic hydroxyl groups excluding tert-OH is 1. The predicted molar refractivity (Wildman–Crippen MR) is 80.2 cm³/mol. The molecule has 1 N–H and O–H groups in total. The molecule has 1 nitrogen and oxygen atoms in total. The van der Waals surface area contributed by atoms with E-state index in [0.717, 1.165) is 19.3 Å². The number of benzene rings is 1. The summed E-state index contributed by atoms with van der Waals surface area (Å²) in [6.07, 6.45) is 2.80. The Hall–Kier alpha value is -0.860. The Labute approximate surface area is 113 Å². The first kappa shape index (κ1) is 13.6. The summed E-state index contributed by atoms with van der Waals surface area (Å²) in [4.78, 5) is 0. The van der Waals surface area contributed by atoms with E-state index in [1.807, 2.05) is 11.3 Å². The zero-order chi connectivity index (χ0) is 13.2. The minimum Gasteiger partial charge on any atom is -0.393 e. The van der Waals surface area contributed by atoms with Gasteiger partial charge in [-0.1, -0.05) is 39.0 Å². The van der Waals surface area contributed by atoms with Crippen LogP contribution in [0.4, 0.5) is 0 Å². The van der Waals surface area contributed by atoms with Crippen LogP contribution in [0.15, 0.2) is 29.6 Å². The van der Waals surface area contributed by atoms with E-state index < -0.39 is 0 Å². The van der Waals surface area contributed by atoms with Crippen LogP contribution in [-0.4, -0.2) is 11.2 Å². The van der Waals surface area contributed by atoms with E-state index in [1.165, 1.54) is 15.6 Å². The van der Waals surface area contributed by atoms with Gasteiger partial charge in [-0.3, -0.25) is 0 Å². The molecule has 0 aliphatic heterocycles. The zero-order valence-corrected chi connectivity index (χ0v) is 12.3. The van der Waals surface area contributed by atoms with Gasteiger partial charge < -0.3 is 5.11 Å². The van der Waals surface area contributed by atoms with E-state index in [1.54, 1.807) is 0 Å². The highest BCUT2D eigenvalue weighted by atomic mass is 32.1. The van der Waals surface area contributed by atoms with E-state index >= 15 is 0 Å². The number of hydrogen-bond donors (Lipinski definition) is 1. The van der Waals surface area contributed by atoms with Gasteiger partial charge in [0.15, 0.2) is 0 Å². The van der Waals surface area contributed by atoms with Gasteiger partial charge in [-0.05, 0) is 47.1 Å². The first-order valence-corrected chi connectivity index (χ1v) is 7.49. The van der Waals surface area contributed by atoms with Crippen molar-refractivity contribution in [1.82, 2.24) is 0 Å². The third-order valence-corrected chi connectivity index (χ3v) is 4.50. The third kappa shape index (κ3) is 3.12. The monoisotopic (exact) mass is 262 g/mol. The van der Waals surface area contributed by atoms with Crippen LogP contribution in [0.1, 0.15) is 39.2 Å². The molecule has 0 bridgehead atoms. The highest BCUT2D eigenvalue weighted by Gasteiger charge is 2.21. The predicted octanol–water partition coefficient (Wildman–Crippen LogP) is 4.63. The molecule has 2 rings (SSSR count). The molecule has 0 fully saturated rings. The van der Waals surface area contributed by atoms with Crippen molar-refractivity contribution in [2.75, 3.05) is 0 Å². The van der Waals surface area contributed by atoms with Crippen LogP contribution in [0.3, 0.4) is 0 Å². The number of aryl methyl sites for hydroxylation is 1. The number of thiophene rings is 1. The smallest absolute Gasteiger partial charge is 0.0588 e. The van der Waals surface area contributed by atoms with Crippen LogP contribution >= 0.6 is 11.3 Å². The molecular weight excluding hydrogens is 240 g/mol. The molecule has 0 spiro atoms. The number of rotatable bonds is 4. The van der Waals surface area contributed by atoms with E-state index in [9.17, 15) is 5.11 Å². The average Bonchev–Trinajstić information content (AvgIpc) is 2.71. The molecule has 98 valence electrons. The van der Waals surface area contributed by atoms with E-state index in [4.69, 9.17) is 0 Å². The quantitative estimate of drug-likeness (QED) is 0.851. The van der Waals surface area contributed by atoms with Crippen molar-refractivity contribution >= 4 is 21.4 Å². The molecule has 0 aliphatic rings. The fourth-order valence-electron chi connectivity index (χ4n) is 2.15. The van der Waals surface area contributed by atoms with Crippen LogP contribution in [0.2, 0.25) is 0 Å². The molecule has 1 aromatic heterocycles. The van der Waals surface area contributed by atoms with Gasteiger partial charge in [0, 0.05) is 4.70 Å². The minimum absolute atomic E-state index is 0.00326. The number of hydrogen-bond acceptors (Lipinski definition) is 2. The molecule has 0 aliphatic carbocycles. The maximum absolute atomic E-state index is 10.0. The second-order valence-corrected chi connectivity index (χ2v) is 6.94. The Morgan fingerprint density at radius 2 is 1.94 bits per heavy atom. The molecule has 18 heavy (non-hydrogen) atoms. The van der Waals surface area contributed by atoms with Crippen LogP contribution in [0.5, 0.6) is 0 Å². The Kier molecular flexibility index (Phi) is 4.08. The van der Waals surface area contributed by atoms with Gasteiger partial charge in [0.1, 0.15) is 0 Å². The van der Waals surface area contributed by atoms with Crippen molar-refractivity contribution in [3.05, 3.63) is 35.2 Å². The van der Waals surface area contributed by atoms with Gasteiger partial charge in [0.05, 0.1) is 6.10 Å². The van der Waals surface area contributed by atoms with E-state index in [2.05, 4.69) is 50.4 Å². The Balaban J connectivity index is 1.95. The highest BCUT2D eigenvalue weighted by Crippen LogP contribution is 2.28. The molecule has 0 radical (unpaired) electrons. The van der Waals surface area contributed by atoms with Crippen molar-refractivity contribution in [3.63, 3.8) is 0 Å². The highest BCUT2D eigenvalue weighted by molar-refractivity contribution is 7.17. The lowest BCUT2D eigenvalue weighted by Gasteiger charge is -2.25. The average molecular weight is 262 g/mol. The van der Waals surface area contributed by atoms with Crippen molar-refractivity contribution in [3.8, 4) is 0 Å². The fraction of sp³-hybridized carbons (Fsp3) is 0.500. The molecule has 1 atom stereocenters. The van der Waals surface area contributed by atoms with Gasteiger partial charge in [-0.15, -0.1) is 11.3 Å². The van der Waals surface area contributed by atoms with Gasteiger partial charge in [0.25, 0.3) is 0 Å². The van der Waals surface area contributed by atoms with Gasteiger partial charge >= 0.3 is 0 Å². The van der Waals surface area contributed by atoms with Crippen molar-refractivity contribution < 1.29 is 5.11 Å². The lowest BCUT2D eigenvalue weighted by atomic mass is 9.86. The second kappa shape index (κ2) is 5.41. The van der Waals surface area contributed by atoms with Crippen LogP contribution < -0.4 is 0 Å². The molecule has 1 heterocycles. The summed E-state index contributed by atoms with van der Waals surface area (Å²) < 4.78 is 1.36. The van der Waals surface area contributed by atoms with Crippen molar-refractivity contribution in [1.29, 1.82) is 0 Å². The summed E-state index contributed by atoms with van der Waals surface area (Å²) in [7, 11) is 0. The maximum atomic E-state index is 10.0. The largest absolute Gasteiger partial charge is 0.393 e. The third-order valence-electron chi connectivity index (χ3n) is 3.48. The zero-order valence-electron chi connectivity index (χ0n) is 11.4. The van der Waals surface area contributed by atoms with Crippen LogP contribution in [-0.2, 0) is 6.42 Å². The standard InChI is InChI=1S/C16H22OS/c1-16(2,3)15(17)10-6-7-12-11-18-14-9-5-4-8-13(12)14/h4-5,8-9,11,15,17H,6-7,10H2,1-3H3. The Morgan fingerprint density at radius 1 is 1.22 bits per heavy atom. The number of aliphatic hydroxyl groups is 1. The fourth-order valence-corrected chi connectivity index (χ4v) is 3.14. The normalized spacial score (nSPS) is 14.0. The molecule has 2 aromatic rings. The van der Waals surface area contributed by atoms with Crippen LogP contribution in [0, 0.1) is 5.41 Å². The number of fused-ring (bicyclic) bond motifs is 1. The van der Waals surface area contributed by atoms with Gasteiger partial charge in [-0.25, -0.2) is 0 Å². The van der Waals surface area contributed by atoms with Crippen molar-refractivity contribution in [2.45, 2.75) is 46.1 Å². The summed E-state index contributed by atoms with van der Waals surface area (Å²) >= 11 is 1.82. The summed E-state index contributed by atoms with van der Waals surface area (Å²) in [5, 5.41) is 13.7. The maximum Gasteiger partial charge on any atom is 0.0588 e. The second-order valence-electron chi connectivity index (χ2n) is 6.03. The van der Waals surface area contributed by atoms with Gasteiger partial charge in [0.2, 0.25) is 0 Å². The molecular formula is C16H22OS. The molecule has 1 unspecified atom stereocenters. The molecule has 0 amide bonds. The molecule has 0 saturated heterocycles. The summed E-state index contributed by atoms with van der Waals surface area (Å²) in [5.41, 5.74) is 1.42. The first-order chi connectivity index (χ1) is 8.48. The molecule has 2 heteroatoms. The van der Waals surface area contributed by atoms with Crippen LogP contribution in [0.25, 0.3) is 10.1 Å². The van der Waals surface area contributed by atoms with E-state index in [0.29, 0.717) is 0 Å². The lowest BCUT2D eigenvalue weighted by molar-refractivity contribution is 0.0541. The minimum atomic E-state index is -0.206.